The van der Waals surface area contributed by atoms with Crippen molar-refractivity contribution in [2.75, 3.05) is 13.1 Å². The predicted octanol–water partition coefficient (Wildman–Crippen LogP) is 2.81. The van der Waals surface area contributed by atoms with Crippen molar-refractivity contribution < 1.29 is 4.39 Å². The van der Waals surface area contributed by atoms with Crippen molar-refractivity contribution in [3.63, 3.8) is 0 Å². The SMILES string of the molecule is CCn1ncnc1CN1CCC(Cc2ccc(C)c(F)c2)C1. The zero-order chi connectivity index (χ0) is 15.5. The van der Waals surface area contributed by atoms with Gasteiger partial charge >= 0.3 is 0 Å². The summed E-state index contributed by atoms with van der Waals surface area (Å²) in [4.78, 5) is 6.76. The summed E-state index contributed by atoms with van der Waals surface area (Å²) in [6.45, 7) is 7.72. The van der Waals surface area contributed by atoms with Crippen LogP contribution in [0.1, 0.15) is 30.3 Å². The van der Waals surface area contributed by atoms with Gasteiger partial charge in [-0.25, -0.2) is 14.1 Å². The molecule has 2 aromatic rings. The Morgan fingerprint density at radius 1 is 1.36 bits per heavy atom. The number of hydrogen-bond acceptors (Lipinski definition) is 3. The molecule has 1 aliphatic rings. The molecule has 22 heavy (non-hydrogen) atoms. The molecule has 0 amide bonds. The topological polar surface area (TPSA) is 34.0 Å². The molecule has 0 bridgehead atoms. The summed E-state index contributed by atoms with van der Waals surface area (Å²) in [6, 6.07) is 5.61. The van der Waals surface area contributed by atoms with Crippen molar-refractivity contribution in [1.29, 1.82) is 0 Å². The minimum atomic E-state index is -0.0941. The Labute approximate surface area is 131 Å². The van der Waals surface area contributed by atoms with Crippen LogP contribution in [0, 0.1) is 18.7 Å². The first kappa shape index (κ1) is 15.2. The number of benzene rings is 1. The monoisotopic (exact) mass is 302 g/mol. The molecule has 5 heteroatoms. The van der Waals surface area contributed by atoms with Crippen molar-refractivity contribution in [3.8, 4) is 0 Å². The third-order valence-corrected chi connectivity index (χ3v) is 4.49. The van der Waals surface area contributed by atoms with Crippen LogP contribution in [0.25, 0.3) is 0 Å². The first-order valence-electron chi connectivity index (χ1n) is 7.99. The fourth-order valence-corrected chi connectivity index (χ4v) is 3.19. The van der Waals surface area contributed by atoms with Crippen LogP contribution >= 0.6 is 0 Å². The lowest BCUT2D eigenvalue weighted by Gasteiger charge is -2.16. The first-order valence-corrected chi connectivity index (χ1v) is 7.99. The minimum Gasteiger partial charge on any atom is -0.296 e. The third kappa shape index (κ3) is 3.35. The molecular weight excluding hydrogens is 279 g/mol. The van der Waals surface area contributed by atoms with Crippen LogP contribution in [0.5, 0.6) is 0 Å². The Morgan fingerprint density at radius 3 is 3.00 bits per heavy atom. The molecule has 0 radical (unpaired) electrons. The average molecular weight is 302 g/mol. The van der Waals surface area contributed by atoms with E-state index in [-0.39, 0.29) is 5.82 Å². The quantitative estimate of drug-likeness (QED) is 0.851. The molecule has 4 nitrogen and oxygen atoms in total. The highest BCUT2D eigenvalue weighted by Crippen LogP contribution is 2.23. The van der Waals surface area contributed by atoms with E-state index in [1.165, 1.54) is 0 Å². The number of nitrogens with zero attached hydrogens (tertiary/aromatic N) is 4. The van der Waals surface area contributed by atoms with Crippen molar-refractivity contribution in [1.82, 2.24) is 19.7 Å². The maximum absolute atomic E-state index is 13.6. The molecule has 1 aromatic carbocycles. The summed E-state index contributed by atoms with van der Waals surface area (Å²) < 4.78 is 15.6. The molecule has 1 aliphatic heterocycles. The number of likely N-dealkylation sites (tertiary alicyclic amines) is 1. The van der Waals surface area contributed by atoms with E-state index in [1.54, 1.807) is 19.3 Å². The summed E-state index contributed by atoms with van der Waals surface area (Å²) in [5.41, 5.74) is 1.82. The van der Waals surface area contributed by atoms with E-state index in [9.17, 15) is 4.39 Å². The summed E-state index contributed by atoms with van der Waals surface area (Å²) >= 11 is 0. The molecule has 0 N–H and O–H groups in total. The third-order valence-electron chi connectivity index (χ3n) is 4.49. The zero-order valence-electron chi connectivity index (χ0n) is 13.3. The smallest absolute Gasteiger partial charge is 0.140 e. The summed E-state index contributed by atoms with van der Waals surface area (Å²) in [6.07, 6.45) is 3.74. The van der Waals surface area contributed by atoms with Gasteiger partial charge in [-0.3, -0.25) is 4.90 Å². The van der Waals surface area contributed by atoms with Gasteiger partial charge in [0.25, 0.3) is 0 Å². The lowest BCUT2D eigenvalue weighted by molar-refractivity contribution is 0.301. The molecule has 1 unspecified atom stereocenters. The molecule has 0 aliphatic carbocycles. The molecule has 1 atom stereocenters. The lowest BCUT2D eigenvalue weighted by atomic mass is 9.98. The van der Waals surface area contributed by atoms with Crippen molar-refractivity contribution in [3.05, 3.63) is 47.3 Å². The molecule has 1 saturated heterocycles. The number of rotatable bonds is 5. The largest absolute Gasteiger partial charge is 0.296 e. The number of aryl methyl sites for hydroxylation is 2. The maximum Gasteiger partial charge on any atom is 0.140 e. The van der Waals surface area contributed by atoms with Crippen LogP contribution in [-0.2, 0) is 19.5 Å². The molecular formula is C17H23FN4. The minimum absolute atomic E-state index is 0.0941. The van der Waals surface area contributed by atoms with Crippen LogP contribution < -0.4 is 0 Å². The summed E-state index contributed by atoms with van der Waals surface area (Å²) in [5, 5.41) is 4.22. The van der Waals surface area contributed by atoms with E-state index >= 15 is 0 Å². The Balaban J connectivity index is 1.57. The molecule has 1 fully saturated rings. The van der Waals surface area contributed by atoms with Gasteiger partial charge in [-0.15, -0.1) is 0 Å². The average Bonchev–Trinajstić information content (AvgIpc) is 3.13. The highest BCUT2D eigenvalue weighted by Gasteiger charge is 2.24. The van der Waals surface area contributed by atoms with Crippen LogP contribution in [0.3, 0.4) is 0 Å². The van der Waals surface area contributed by atoms with Gasteiger partial charge < -0.3 is 0 Å². The summed E-state index contributed by atoms with van der Waals surface area (Å²) in [5.74, 6) is 1.54. The Hall–Kier alpha value is -1.75. The second-order valence-corrected chi connectivity index (χ2v) is 6.17. The van der Waals surface area contributed by atoms with Crippen molar-refractivity contribution >= 4 is 0 Å². The number of aromatic nitrogens is 3. The van der Waals surface area contributed by atoms with Crippen LogP contribution in [0.15, 0.2) is 24.5 Å². The fourth-order valence-electron chi connectivity index (χ4n) is 3.19. The van der Waals surface area contributed by atoms with E-state index in [0.717, 1.165) is 56.0 Å². The highest BCUT2D eigenvalue weighted by molar-refractivity contribution is 5.23. The van der Waals surface area contributed by atoms with E-state index < -0.39 is 0 Å². The van der Waals surface area contributed by atoms with Crippen LogP contribution in [0.4, 0.5) is 4.39 Å². The van der Waals surface area contributed by atoms with E-state index in [0.29, 0.717) is 5.92 Å². The van der Waals surface area contributed by atoms with E-state index in [2.05, 4.69) is 28.0 Å². The number of hydrogen-bond donors (Lipinski definition) is 0. The molecule has 1 aromatic heterocycles. The van der Waals surface area contributed by atoms with Crippen LogP contribution in [0.2, 0.25) is 0 Å². The van der Waals surface area contributed by atoms with Gasteiger partial charge in [0.1, 0.15) is 18.0 Å². The molecule has 118 valence electrons. The normalized spacial score (nSPS) is 19.0. The second-order valence-electron chi connectivity index (χ2n) is 6.17. The first-order chi connectivity index (χ1) is 10.7. The van der Waals surface area contributed by atoms with Crippen molar-refractivity contribution in [2.24, 2.45) is 5.92 Å². The molecule has 3 rings (SSSR count). The molecule has 2 heterocycles. The highest BCUT2D eigenvalue weighted by atomic mass is 19.1. The summed E-state index contributed by atoms with van der Waals surface area (Å²) in [7, 11) is 0. The van der Waals surface area contributed by atoms with E-state index in [1.807, 2.05) is 10.7 Å². The van der Waals surface area contributed by atoms with Gasteiger partial charge in [-0.2, -0.15) is 5.10 Å². The van der Waals surface area contributed by atoms with Gasteiger partial charge in [0.2, 0.25) is 0 Å². The van der Waals surface area contributed by atoms with E-state index in [4.69, 9.17) is 0 Å². The van der Waals surface area contributed by atoms with Gasteiger partial charge in [-0.1, -0.05) is 12.1 Å². The lowest BCUT2D eigenvalue weighted by Crippen LogP contribution is -2.23. The molecule has 0 saturated carbocycles. The fraction of sp³-hybridized carbons (Fsp3) is 0.529. The second kappa shape index (κ2) is 6.57. The predicted molar refractivity (Wildman–Crippen MR) is 83.9 cm³/mol. The zero-order valence-corrected chi connectivity index (χ0v) is 13.3. The Bertz CT molecular complexity index is 637. The van der Waals surface area contributed by atoms with Gasteiger partial charge in [0.05, 0.1) is 6.54 Å². The number of halogens is 1. The maximum atomic E-state index is 13.6. The van der Waals surface area contributed by atoms with Gasteiger partial charge in [-0.05, 0) is 56.3 Å². The Morgan fingerprint density at radius 2 is 2.23 bits per heavy atom. The van der Waals surface area contributed by atoms with Gasteiger partial charge in [0, 0.05) is 13.1 Å². The van der Waals surface area contributed by atoms with Crippen LogP contribution in [-0.4, -0.2) is 32.8 Å². The Kier molecular flexibility index (Phi) is 4.52. The molecule has 0 spiro atoms. The standard InChI is InChI=1S/C17H23FN4/c1-3-22-17(19-12-20-22)11-21-7-6-15(10-21)8-14-5-4-13(2)16(18)9-14/h4-5,9,12,15H,3,6-8,10-11H2,1-2H3. The van der Waals surface area contributed by atoms with Gasteiger partial charge in [0.15, 0.2) is 0 Å². The van der Waals surface area contributed by atoms with Crippen molar-refractivity contribution in [2.45, 2.75) is 39.8 Å².